The summed E-state index contributed by atoms with van der Waals surface area (Å²) in [5.41, 5.74) is 3.60. The average molecular weight is 242 g/mol. The molecule has 1 saturated heterocycles. The van der Waals surface area contributed by atoms with E-state index in [-0.39, 0.29) is 0 Å². The number of hydrogen-bond donors (Lipinski definition) is 0. The van der Waals surface area contributed by atoms with E-state index in [0.29, 0.717) is 5.41 Å². The minimum atomic E-state index is 0.469. The topological polar surface area (TPSA) is 27.0 Å². The van der Waals surface area contributed by atoms with Crippen molar-refractivity contribution in [2.45, 2.75) is 40.0 Å². The summed E-state index contributed by atoms with van der Waals surface area (Å²) in [7, 11) is 0. The van der Waals surface area contributed by atoms with Gasteiger partial charge in [-0.3, -0.25) is 0 Å². The molecule has 0 aliphatic carbocycles. The van der Waals surface area contributed by atoms with Crippen LogP contribution in [0, 0.1) is 23.7 Å². The van der Waals surface area contributed by atoms with Crippen LogP contribution in [0.1, 0.15) is 44.2 Å². The molecule has 1 fully saturated rings. The molecule has 0 unspecified atom stereocenters. The van der Waals surface area contributed by atoms with Gasteiger partial charge in [0.25, 0.3) is 0 Å². The van der Waals surface area contributed by atoms with Crippen LogP contribution >= 0.6 is 0 Å². The van der Waals surface area contributed by atoms with Crippen LogP contribution in [0.5, 0.6) is 0 Å². The van der Waals surface area contributed by atoms with Crippen LogP contribution in [0.3, 0.4) is 0 Å². The molecule has 0 amide bonds. The van der Waals surface area contributed by atoms with Gasteiger partial charge in [-0.25, -0.2) is 0 Å². The molecule has 1 aliphatic heterocycles. The molecule has 96 valence electrons. The molecule has 0 aromatic heterocycles. The molecular weight excluding hydrogens is 220 g/mol. The number of hydrogen-bond acceptors (Lipinski definition) is 2. The summed E-state index contributed by atoms with van der Waals surface area (Å²) >= 11 is 0. The lowest BCUT2D eigenvalue weighted by Crippen LogP contribution is -2.25. The van der Waals surface area contributed by atoms with Gasteiger partial charge in [-0.15, -0.1) is 0 Å². The maximum atomic E-state index is 8.97. The summed E-state index contributed by atoms with van der Waals surface area (Å²) in [6.07, 6.45) is 3.80. The Hall–Kier alpha value is -1.49. The minimum absolute atomic E-state index is 0.469. The van der Waals surface area contributed by atoms with Crippen LogP contribution in [0.4, 0.5) is 5.69 Å². The molecule has 2 heteroatoms. The number of rotatable bonds is 1. The highest BCUT2D eigenvalue weighted by molar-refractivity contribution is 5.53. The molecule has 0 bridgehead atoms. The van der Waals surface area contributed by atoms with Gasteiger partial charge in [0, 0.05) is 18.8 Å². The van der Waals surface area contributed by atoms with E-state index in [1.165, 1.54) is 24.9 Å². The van der Waals surface area contributed by atoms with E-state index in [1.54, 1.807) is 0 Å². The highest BCUT2D eigenvalue weighted by Gasteiger charge is 2.23. The molecule has 1 aromatic carbocycles. The molecule has 18 heavy (non-hydrogen) atoms. The quantitative estimate of drug-likeness (QED) is 0.747. The first-order valence-electron chi connectivity index (χ1n) is 6.77. The number of nitriles is 1. The Morgan fingerprint density at radius 1 is 1.22 bits per heavy atom. The molecule has 2 rings (SSSR count). The molecule has 1 aromatic rings. The van der Waals surface area contributed by atoms with Crippen LogP contribution in [-0.2, 0) is 0 Å². The van der Waals surface area contributed by atoms with Gasteiger partial charge in [0.2, 0.25) is 0 Å². The smallest absolute Gasteiger partial charge is 0.0994 e. The summed E-state index contributed by atoms with van der Waals surface area (Å²) in [6, 6.07) is 8.41. The first-order valence-corrected chi connectivity index (χ1v) is 6.77. The molecule has 2 nitrogen and oxygen atoms in total. The molecule has 0 N–H and O–H groups in total. The van der Waals surface area contributed by atoms with Gasteiger partial charge < -0.3 is 4.90 Å². The average Bonchev–Trinajstić information content (AvgIpc) is 2.50. The predicted molar refractivity (Wildman–Crippen MR) is 75.7 cm³/mol. The Morgan fingerprint density at radius 3 is 2.67 bits per heavy atom. The summed E-state index contributed by atoms with van der Waals surface area (Å²) < 4.78 is 0. The Morgan fingerprint density at radius 2 is 2.00 bits per heavy atom. The van der Waals surface area contributed by atoms with Crippen molar-refractivity contribution in [3.8, 4) is 6.07 Å². The van der Waals surface area contributed by atoms with Gasteiger partial charge in [0.15, 0.2) is 0 Å². The molecular formula is C16H22N2. The van der Waals surface area contributed by atoms with Crippen LogP contribution in [0.15, 0.2) is 18.2 Å². The first kappa shape index (κ1) is 13.0. The summed E-state index contributed by atoms with van der Waals surface area (Å²) in [6.45, 7) is 9.00. The van der Waals surface area contributed by atoms with Crippen molar-refractivity contribution in [1.82, 2.24) is 0 Å². The molecule has 1 aliphatic rings. The molecule has 1 heterocycles. The third-order valence-electron chi connectivity index (χ3n) is 4.04. The summed E-state index contributed by atoms with van der Waals surface area (Å²) in [4.78, 5) is 2.46. The highest BCUT2D eigenvalue weighted by atomic mass is 15.1. The van der Waals surface area contributed by atoms with Gasteiger partial charge in [-0.05, 0) is 55.4 Å². The SMILES string of the molecule is Cc1cc(N2CCCC(C)(C)CC2)ccc1C#N. The standard InChI is InChI=1S/C16H22N2/c1-13-11-15(6-5-14(13)12-17)18-9-4-7-16(2,3)8-10-18/h5-6,11H,4,7-10H2,1-3H3. The van der Waals surface area contributed by atoms with E-state index in [0.717, 1.165) is 24.2 Å². The molecule has 0 spiro atoms. The van der Waals surface area contributed by atoms with E-state index in [2.05, 4.69) is 36.9 Å². The second kappa shape index (κ2) is 5.02. The van der Waals surface area contributed by atoms with Crippen LogP contribution in [0.2, 0.25) is 0 Å². The largest absolute Gasteiger partial charge is 0.372 e. The normalized spacial score (nSPS) is 19.1. The van der Waals surface area contributed by atoms with Crippen molar-refractivity contribution >= 4 is 5.69 Å². The number of aryl methyl sites for hydroxylation is 1. The van der Waals surface area contributed by atoms with E-state index in [1.807, 2.05) is 13.0 Å². The molecule has 0 radical (unpaired) electrons. The maximum Gasteiger partial charge on any atom is 0.0994 e. The van der Waals surface area contributed by atoms with Crippen molar-refractivity contribution in [1.29, 1.82) is 5.26 Å². The van der Waals surface area contributed by atoms with Gasteiger partial charge >= 0.3 is 0 Å². The fourth-order valence-electron chi connectivity index (χ4n) is 2.65. The van der Waals surface area contributed by atoms with Crippen molar-refractivity contribution in [3.05, 3.63) is 29.3 Å². The van der Waals surface area contributed by atoms with Gasteiger partial charge in [0.05, 0.1) is 11.6 Å². The van der Waals surface area contributed by atoms with E-state index >= 15 is 0 Å². The predicted octanol–water partition coefficient (Wildman–Crippen LogP) is 3.88. The van der Waals surface area contributed by atoms with Crippen molar-refractivity contribution in [2.75, 3.05) is 18.0 Å². The second-order valence-corrected chi connectivity index (χ2v) is 6.12. The van der Waals surface area contributed by atoms with E-state index < -0.39 is 0 Å². The fraction of sp³-hybridized carbons (Fsp3) is 0.562. The summed E-state index contributed by atoms with van der Waals surface area (Å²) in [5.74, 6) is 0. The second-order valence-electron chi connectivity index (χ2n) is 6.12. The lowest BCUT2D eigenvalue weighted by molar-refractivity contribution is 0.325. The number of benzene rings is 1. The van der Waals surface area contributed by atoms with E-state index in [4.69, 9.17) is 5.26 Å². The Bertz CT molecular complexity index is 468. The van der Waals surface area contributed by atoms with Crippen LogP contribution in [0.25, 0.3) is 0 Å². The zero-order valence-electron chi connectivity index (χ0n) is 11.7. The third-order valence-corrected chi connectivity index (χ3v) is 4.04. The van der Waals surface area contributed by atoms with Crippen LogP contribution in [-0.4, -0.2) is 13.1 Å². The fourth-order valence-corrected chi connectivity index (χ4v) is 2.65. The zero-order chi connectivity index (χ0) is 13.2. The van der Waals surface area contributed by atoms with Crippen molar-refractivity contribution in [2.24, 2.45) is 5.41 Å². The maximum absolute atomic E-state index is 8.97. The highest BCUT2D eigenvalue weighted by Crippen LogP contribution is 2.32. The Balaban J connectivity index is 2.17. The van der Waals surface area contributed by atoms with Gasteiger partial charge in [0.1, 0.15) is 0 Å². The number of anilines is 1. The number of nitrogens with zero attached hydrogens (tertiary/aromatic N) is 2. The van der Waals surface area contributed by atoms with Crippen molar-refractivity contribution < 1.29 is 0 Å². The minimum Gasteiger partial charge on any atom is -0.372 e. The van der Waals surface area contributed by atoms with Gasteiger partial charge in [-0.1, -0.05) is 13.8 Å². The van der Waals surface area contributed by atoms with Crippen LogP contribution < -0.4 is 4.90 Å². The Labute approximate surface area is 110 Å². The third kappa shape index (κ3) is 2.85. The molecule has 0 saturated carbocycles. The first-order chi connectivity index (χ1) is 8.52. The lowest BCUT2D eigenvalue weighted by Gasteiger charge is -2.25. The Kier molecular flexibility index (Phi) is 3.61. The lowest BCUT2D eigenvalue weighted by atomic mass is 9.85. The van der Waals surface area contributed by atoms with Crippen molar-refractivity contribution in [3.63, 3.8) is 0 Å². The van der Waals surface area contributed by atoms with Gasteiger partial charge in [-0.2, -0.15) is 5.26 Å². The van der Waals surface area contributed by atoms with E-state index in [9.17, 15) is 0 Å². The zero-order valence-corrected chi connectivity index (χ0v) is 11.7. The summed E-state index contributed by atoms with van der Waals surface area (Å²) in [5, 5.41) is 8.97. The monoisotopic (exact) mass is 242 g/mol. The molecule has 0 atom stereocenters.